The Bertz CT molecular complexity index is 1110. The Balaban J connectivity index is 1.98. The number of hydrogen-bond donors (Lipinski definition) is 2. The Labute approximate surface area is 174 Å². The molecule has 1 heterocycles. The van der Waals surface area contributed by atoms with E-state index in [1.54, 1.807) is 0 Å². The summed E-state index contributed by atoms with van der Waals surface area (Å²) in [6.07, 6.45) is -3.40. The number of alkyl halides is 3. The molecule has 3 N–H and O–H groups in total. The molecule has 0 spiro atoms. The fraction of sp³-hybridized carbons (Fsp3) is 0.444. The second-order valence-corrected chi connectivity index (χ2v) is 10.6. The summed E-state index contributed by atoms with van der Waals surface area (Å²) in [5, 5.41) is 15.8. The number of rotatable bonds is 5. The fourth-order valence-corrected chi connectivity index (χ4v) is 5.06. The molecule has 0 saturated heterocycles. The molecule has 1 aromatic carbocycles. The van der Waals surface area contributed by atoms with Crippen molar-refractivity contribution in [1.29, 1.82) is 0 Å². The molecule has 1 aromatic heterocycles. The van der Waals surface area contributed by atoms with Gasteiger partial charge >= 0.3 is 6.18 Å². The van der Waals surface area contributed by atoms with Crippen molar-refractivity contribution in [3.05, 3.63) is 45.8 Å². The van der Waals surface area contributed by atoms with E-state index in [1.807, 2.05) is 0 Å². The topological polar surface area (TPSA) is 106 Å². The van der Waals surface area contributed by atoms with Gasteiger partial charge in [-0.1, -0.05) is 0 Å². The number of thiazole rings is 1. The maximum absolute atomic E-state index is 13.8. The average Bonchev–Trinajstić information content (AvgIpc) is 3.27. The van der Waals surface area contributed by atoms with E-state index >= 15 is 0 Å². The Hall–Kier alpha value is -1.89. The second kappa shape index (κ2) is 7.66. The van der Waals surface area contributed by atoms with Gasteiger partial charge in [-0.2, -0.15) is 13.2 Å². The minimum absolute atomic E-state index is 0.0921. The number of carbonyl (C=O) groups is 1. The van der Waals surface area contributed by atoms with E-state index in [2.05, 4.69) is 9.35 Å². The normalized spacial score (nSPS) is 16.9. The first-order valence-corrected chi connectivity index (χ1v) is 11.2. The van der Waals surface area contributed by atoms with Crippen molar-refractivity contribution in [2.75, 3.05) is 0 Å². The van der Waals surface area contributed by atoms with Gasteiger partial charge in [-0.25, -0.2) is 18.7 Å². The molecule has 1 aliphatic carbocycles. The Morgan fingerprint density at radius 3 is 2.50 bits per heavy atom. The summed E-state index contributed by atoms with van der Waals surface area (Å²) >= 11 is 0.785. The summed E-state index contributed by atoms with van der Waals surface area (Å²) < 4.78 is 70.1. The van der Waals surface area contributed by atoms with Crippen molar-refractivity contribution in [2.24, 2.45) is 9.50 Å². The van der Waals surface area contributed by atoms with E-state index < -0.39 is 45.4 Å². The van der Waals surface area contributed by atoms with Gasteiger partial charge in [-0.15, -0.1) is 15.7 Å². The van der Waals surface area contributed by atoms with Gasteiger partial charge in [-0.05, 0) is 55.9 Å². The molecule has 1 amide bonds. The molecule has 164 valence electrons. The highest BCUT2D eigenvalue weighted by molar-refractivity contribution is 7.93. The Kier molecular flexibility index (Phi) is 5.82. The lowest BCUT2D eigenvalue weighted by Gasteiger charge is -2.16. The number of nitrogens with two attached hydrogens (primary N) is 1. The molecule has 12 heteroatoms. The zero-order valence-corrected chi connectivity index (χ0v) is 17.6. The first-order chi connectivity index (χ1) is 13.7. The van der Waals surface area contributed by atoms with Gasteiger partial charge < -0.3 is 5.11 Å². The highest BCUT2D eigenvalue weighted by Crippen LogP contribution is 2.45. The quantitative estimate of drug-likeness (QED) is 0.654. The monoisotopic (exact) mass is 465 g/mol. The molecule has 1 saturated carbocycles. The molecule has 6 nitrogen and oxygen atoms in total. The van der Waals surface area contributed by atoms with Gasteiger partial charge in [0.25, 0.3) is 5.91 Å². The third-order valence-electron chi connectivity index (χ3n) is 4.43. The lowest BCUT2D eigenvalue weighted by molar-refractivity contribution is -0.138. The zero-order valence-electron chi connectivity index (χ0n) is 16.0. The van der Waals surface area contributed by atoms with Crippen LogP contribution >= 0.6 is 11.3 Å². The molecule has 2 aromatic rings. The van der Waals surface area contributed by atoms with E-state index in [-0.39, 0.29) is 26.3 Å². The van der Waals surface area contributed by atoms with Crippen molar-refractivity contribution in [3.63, 3.8) is 0 Å². The number of halogens is 4. The summed E-state index contributed by atoms with van der Waals surface area (Å²) in [5.41, 5.74) is -2.86. The number of aromatic nitrogens is 1. The maximum atomic E-state index is 13.8. The molecule has 3 rings (SSSR count). The number of benzene rings is 1. The van der Waals surface area contributed by atoms with Crippen LogP contribution in [0.1, 0.15) is 54.3 Å². The SMILES string of the molecule is CC(C)(O)c1ncc(S(N)(=O)=NC(=O)Cc2c(C3CC3)cc(F)cc2C(F)(F)F)s1. The van der Waals surface area contributed by atoms with Gasteiger partial charge in [0.1, 0.15) is 20.6 Å². The molecule has 0 bridgehead atoms. The van der Waals surface area contributed by atoms with Crippen molar-refractivity contribution in [3.8, 4) is 0 Å². The summed E-state index contributed by atoms with van der Waals surface area (Å²) in [6, 6.07) is 1.33. The van der Waals surface area contributed by atoms with Gasteiger partial charge in [0, 0.05) is 0 Å². The van der Waals surface area contributed by atoms with Crippen LogP contribution in [0.4, 0.5) is 17.6 Å². The predicted octanol–water partition coefficient (Wildman–Crippen LogP) is 3.88. The number of hydrogen-bond acceptors (Lipinski definition) is 5. The number of amides is 1. The van der Waals surface area contributed by atoms with E-state index in [4.69, 9.17) is 5.14 Å². The van der Waals surface area contributed by atoms with Gasteiger partial charge in [0.15, 0.2) is 9.92 Å². The summed E-state index contributed by atoms with van der Waals surface area (Å²) in [4.78, 5) is 16.3. The minimum atomic E-state index is -4.87. The number of carbonyl (C=O) groups excluding carboxylic acids is 1. The minimum Gasteiger partial charge on any atom is -0.383 e. The van der Waals surface area contributed by atoms with E-state index in [0.29, 0.717) is 18.9 Å². The molecular formula is C18H19F4N3O3S2. The molecule has 1 aliphatic rings. The first kappa shape index (κ1) is 22.8. The number of aliphatic hydroxyl groups is 1. The van der Waals surface area contributed by atoms with Crippen LogP contribution in [0.2, 0.25) is 0 Å². The third-order valence-corrected chi connectivity index (χ3v) is 7.66. The predicted molar refractivity (Wildman–Crippen MR) is 102 cm³/mol. The van der Waals surface area contributed by atoms with Gasteiger partial charge in [0.05, 0.1) is 18.2 Å². The Morgan fingerprint density at radius 1 is 1.37 bits per heavy atom. The largest absolute Gasteiger partial charge is 0.416 e. The van der Waals surface area contributed by atoms with Crippen LogP contribution in [0.25, 0.3) is 0 Å². The van der Waals surface area contributed by atoms with Crippen molar-refractivity contribution in [2.45, 2.75) is 55.0 Å². The molecule has 30 heavy (non-hydrogen) atoms. The first-order valence-electron chi connectivity index (χ1n) is 8.84. The van der Waals surface area contributed by atoms with Crippen LogP contribution in [-0.2, 0) is 32.9 Å². The van der Waals surface area contributed by atoms with E-state index in [9.17, 15) is 31.7 Å². The standard InChI is InChI=1S/C18H19F4N3O3S2/c1-17(2,27)16-24-8-15(29-16)30(23,28)25-14(26)7-12-11(9-3-4-9)5-10(19)6-13(12)18(20,21)22/h5-6,8-9,27H,3-4,7H2,1-2H3,(H2,23,25,26,28). The second-order valence-electron chi connectivity index (χ2n) is 7.57. The molecule has 1 atom stereocenters. The molecule has 1 unspecified atom stereocenters. The summed E-state index contributed by atoms with van der Waals surface area (Å²) in [6.45, 7) is 2.89. The van der Waals surface area contributed by atoms with Crippen molar-refractivity contribution < 1.29 is 31.7 Å². The lowest BCUT2D eigenvalue weighted by Crippen LogP contribution is -2.18. The van der Waals surface area contributed by atoms with Crippen LogP contribution < -0.4 is 5.14 Å². The average molecular weight is 465 g/mol. The lowest BCUT2D eigenvalue weighted by atomic mass is 9.94. The van der Waals surface area contributed by atoms with Crippen LogP contribution in [0, 0.1) is 5.82 Å². The van der Waals surface area contributed by atoms with Crippen LogP contribution in [0.3, 0.4) is 0 Å². The summed E-state index contributed by atoms with van der Waals surface area (Å²) in [7, 11) is -3.78. The van der Waals surface area contributed by atoms with Crippen molar-refractivity contribution >= 4 is 27.2 Å². The van der Waals surface area contributed by atoms with Gasteiger partial charge in [-0.3, -0.25) is 4.79 Å². The molecule has 0 radical (unpaired) electrons. The Morgan fingerprint density at radius 2 is 2.00 bits per heavy atom. The third kappa shape index (κ3) is 5.05. The van der Waals surface area contributed by atoms with Crippen LogP contribution in [-0.4, -0.2) is 20.2 Å². The van der Waals surface area contributed by atoms with Gasteiger partial charge in [0.2, 0.25) is 0 Å². The fourth-order valence-electron chi connectivity index (χ4n) is 2.92. The van der Waals surface area contributed by atoms with Crippen molar-refractivity contribution in [1.82, 2.24) is 4.98 Å². The summed E-state index contributed by atoms with van der Waals surface area (Å²) in [5.74, 6) is -2.42. The molecule has 0 aliphatic heterocycles. The number of nitrogens with zero attached hydrogens (tertiary/aromatic N) is 2. The molecular weight excluding hydrogens is 446 g/mol. The molecule has 1 fully saturated rings. The highest BCUT2D eigenvalue weighted by atomic mass is 32.2. The maximum Gasteiger partial charge on any atom is 0.416 e. The van der Waals surface area contributed by atoms with E-state index in [1.165, 1.54) is 13.8 Å². The smallest absolute Gasteiger partial charge is 0.383 e. The highest BCUT2D eigenvalue weighted by Gasteiger charge is 2.38. The van der Waals surface area contributed by atoms with Crippen LogP contribution in [0.5, 0.6) is 0 Å². The zero-order chi connectivity index (χ0) is 22.5. The van der Waals surface area contributed by atoms with Crippen LogP contribution in [0.15, 0.2) is 26.9 Å². The van der Waals surface area contributed by atoms with E-state index in [0.717, 1.165) is 23.6 Å².